The number of carbonyl (C=O) groups is 1. The number of hydrogen-bond donors (Lipinski definition) is 0. The SMILES string of the molecule is COc1ccc(CN2COc3cc(C)c4c(c3C2)O/C(=C\c2ccc(F)cc2)C4=O)cc1. The summed E-state index contributed by atoms with van der Waals surface area (Å²) in [7, 11) is 1.65. The van der Waals surface area contributed by atoms with E-state index in [9.17, 15) is 9.18 Å². The predicted octanol–water partition coefficient (Wildman–Crippen LogP) is 5.11. The Kier molecular flexibility index (Phi) is 5.15. The molecule has 0 radical (unpaired) electrons. The summed E-state index contributed by atoms with van der Waals surface area (Å²) >= 11 is 0. The number of ether oxygens (including phenoxy) is 3. The predicted molar refractivity (Wildman–Crippen MR) is 118 cm³/mol. The van der Waals surface area contributed by atoms with E-state index in [1.165, 1.54) is 12.1 Å². The molecule has 2 heterocycles. The molecule has 162 valence electrons. The van der Waals surface area contributed by atoms with Crippen molar-refractivity contribution in [3.05, 3.63) is 94.0 Å². The number of aryl methyl sites for hydroxylation is 1. The number of carbonyl (C=O) groups excluding carboxylic acids is 1. The number of fused-ring (bicyclic) bond motifs is 3. The van der Waals surface area contributed by atoms with E-state index in [1.807, 2.05) is 37.3 Å². The topological polar surface area (TPSA) is 48.0 Å². The van der Waals surface area contributed by atoms with Gasteiger partial charge in [0.1, 0.15) is 29.8 Å². The van der Waals surface area contributed by atoms with E-state index < -0.39 is 0 Å². The summed E-state index contributed by atoms with van der Waals surface area (Å²) in [5.41, 5.74) is 4.07. The summed E-state index contributed by atoms with van der Waals surface area (Å²) in [6, 6.07) is 15.8. The molecule has 3 aromatic carbocycles. The first-order valence-electron chi connectivity index (χ1n) is 10.4. The second-order valence-corrected chi connectivity index (χ2v) is 7.97. The number of benzene rings is 3. The normalized spacial score (nSPS) is 16.3. The van der Waals surface area contributed by atoms with Crippen LogP contribution in [0.1, 0.15) is 32.6 Å². The van der Waals surface area contributed by atoms with Crippen LogP contribution in [0.15, 0.2) is 60.4 Å². The lowest BCUT2D eigenvalue weighted by Gasteiger charge is -2.30. The molecule has 5 nitrogen and oxygen atoms in total. The van der Waals surface area contributed by atoms with Crippen molar-refractivity contribution in [1.82, 2.24) is 4.90 Å². The van der Waals surface area contributed by atoms with Gasteiger partial charge in [-0.05, 0) is 60.0 Å². The van der Waals surface area contributed by atoms with Crippen LogP contribution in [0.5, 0.6) is 17.2 Å². The Labute approximate surface area is 185 Å². The molecule has 0 bridgehead atoms. The third kappa shape index (κ3) is 3.74. The molecule has 0 saturated heterocycles. The maximum Gasteiger partial charge on any atom is 0.232 e. The summed E-state index contributed by atoms with van der Waals surface area (Å²) in [5, 5.41) is 0. The van der Waals surface area contributed by atoms with Gasteiger partial charge in [0.2, 0.25) is 5.78 Å². The summed E-state index contributed by atoms with van der Waals surface area (Å²) in [4.78, 5) is 15.2. The average molecular weight is 431 g/mol. The number of halogens is 1. The molecule has 0 N–H and O–H groups in total. The van der Waals surface area contributed by atoms with Gasteiger partial charge in [-0.15, -0.1) is 0 Å². The minimum atomic E-state index is -0.326. The van der Waals surface area contributed by atoms with Crippen molar-refractivity contribution in [3.63, 3.8) is 0 Å². The minimum Gasteiger partial charge on any atom is -0.497 e. The third-order valence-corrected chi connectivity index (χ3v) is 5.72. The highest BCUT2D eigenvalue weighted by Crippen LogP contribution is 2.44. The summed E-state index contributed by atoms with van der Waals surface area (Å²) in [6.07, 6.45) is 1.65. The molecule has 0 aromatic heterocycles. The molecule has 6 heteroatoms. The van der Waals surface area contributed by atoms with Gasteiger partial charge in [-0.1, -0.05) is 24.3 Å². The van der Waals surface area contributed by atoms with Gasteiger partial charge in [0, 0.05) is 13.1 Å². The zero-order valence-corrected chi connectivity index (χ0v) is 17.9. The largest absolute Gasteiger partial charge is 0.497 e. The fraction of sp³-hybridized carbons (Fsp3) is 0.192. The van der Waals surface area contributed by atoms with Gasteiger partial charge in [0.15, 0.2) is 5.76 Å². The van der Waals surface area contributed by atoms with Gasteiger partial charge >= 0.3 is 0 Å². The van der Waals surface area contributed by atoms with Crippen molar-refractivity contribution in [2.45, 2.75) is 20.0 Å². The Morgan fingerprint density at radius 3 is 2.59 bits per heavy atom. The standard InChI is InChI=1S/C26H22FNO4/c1-16-11-22-21(14-28(15-31-22)13-18-5-9-20(30-2)10-6-18)26-24(16)25(29)23(32-26)12-17-3-7-19(27)8-4-17/h3-12H,13-15H2,1-2H3/b23-12-. The van der Waals surface area contributed by atoms with E-state index in [0.717, 1.165) is 28.2 Å². The molecule has 32 heavy (non-hydrogen) atoms. The summed E-state index contributed by atoms with van der Waals surface area (Å²) < 4.78 is 30.5. The van der Waals surface area contributed by atoms with Crippen LogP contribution >= 0.6 is 0 Å². The van der Waals surface area contributed by atoms with Crippen LogP contribution < -0.4 is 14.2 Å². The third-order valence-electron chi connectivity index (χ3n) is 5.72. The van der Waals surface area contributed by atoms with E-state index in [1.54, 1.807) is 25.3 Å². The number of Topliss-reactive ketones (excluding diaryl/α,β-unsaturated/α-hetero) is 1. The molecular weight excluding hydrogens is 409 g/mol. The van der Waals surface area contributed by atoms with Crippen molar-refractivity contribution in [3.8, 4) is 17.2 Å². The molecule has 5 rings (SSSR count). The quantitative estimate of drug-likeness (QED) is 0.537. The molecule has 2 aliphatic heterocycles. The van der Waals surface area contributed by atoms with Crippen LogP contribution in [0.2, 0.25) is 0 Å². The molecule has 0 aliphatic carbocycles. The second kappa shape index (κ2) is 8.13. The summed E-state index contributed by atoms with van der Waals surface area (Å²) in [6.45, 7) is 3.62. The maximum atomic E-state index is 13.2. The number of nitrogens with zero attached hydrogens (tertiary/aromatic N) is 1. The minimum absolute atomic E-state index is 0.170. The van der Waals surface area contributed by atoms with Crippen LogP contribution in [0, 0.1) is 12.7 Å². The van der Waals surface area contributed by atoms with E-state index in [0.29, 0.717) is 36.7 Å². The molecule has 3 aromatic rings. The fourth-order valence-corrected chi connectivity index (χ4v) is 4.08. The van der Waals surface area contributed by atoms with E-state index >= 15 is 0 Å². The fourth-order valence-electron chi connectivity index (χ4n) is 4.08. The first kappa shape index (κ1) is 20.3. The van der Waals surface area contributed by atoms with Crippen LogP contribution in [0.3, 0.4) is 0 Å². The van der Waals surface area contributed by atoms with Crippen molar-refractivity contribution in [1.29, 1.82) is 0 Å². The highest BCUT2D eigenvalue weighted by atomic mass is 19.1. The van der Waals surface area contributed by atoms with E-state index in [-0.39, 0.29) is 17.4 Å². The van der Waals surface area contributed by atoms with Crippen LogP contribution in [0.25, 0.3) is 6.08 Å². The molecule has 0 saturated carbocycles. The lowest BCUT2D eigenvalue weighted by Crippen LogP contribution is -2.31. The number of hydrogen-bond acceptors (Lipinski definition) is 5. The lowest BCUT2D eigenvalue weighted by atomic mass is 9.98. The molecule has 0 fully saturated rings. The summed E-state index contributed by atoms with van der Waals surface area (Å²) in [5.74, 6) is 1.84. The highest BCUT2D eigenvalue weighted by Gasteiger charge is 2.35. The molecule has 0 unspecified atom stereocenters. The van der Waals surface area contributed by atoms with Crippen molar-refractivity contribution in [2.75, 3.05) is 13.8 Å². The van der Waals surface area contributed by atoms with Crippen molar-refractivity contribution >= 4 is 11.9 Å². The van der Waals surface area contributed by atoms with Crippen LogP contribution in [0.4, 0.5) is 4.39 Å². The first-order valence-corrected chi connectivity index (χ1v) is 10.4. The zero-order valence-electron chi connectivity index (χ0n) is 17.9. The van der Waals surface area contributed by atoms with Gasteiger partial charge in [0.05, 0.1) is 18.2 Å². The first-order chi connectivity index (χ1) is 15.5. The maximum absolute atomic E-state index is 13.2. The molecular formula is C26H22FNO4. The lowest BCUT2D eigenvalue weighted by molar-refractivity contribution is 0.0872. The monoisotopic (exact) mass is 431 g/mol. The van der Waals surface area contributed by atoms with Gasteiger partial charge in [0.25, 0.3) is 0 Å². The Hall–Kier alpha value is -3.64. The molecule has 0 atom stereocenters. The Morgan fingerprint density at radius 1 is 1.12 bits per heavy atom. The average Bonchev–Trinajstić information content (AvgIpc) is 3.13. The van der Waals surface area contributed by atoms with Crippen molar-refractivity contribution < 1.29 is 23.4 Å². The smallest absolute Gasteiger partial charge is 0.232 e. The van der Waals surface area contributed by atoms with Gasteiger partial charge < -0.3 is 14.2 Å². The Morgan fingerprint density at radius 2 is 1.88 bits per heavy atom. The van der Waals surface area contributed by atoms with Gasteiger partial charge in [-0.2, -0.15) is 0 Å². The van der Waals surface area contributed by atoms with E-state index in [2.05, 4.69) is 4.90 Å². The van der Waals surface area contributed by atoms with Crippen molar-refractivity contribution in [2.24, 2.45) is 0 Å². The molecule has 0 spiro atoms. The number of ketones is 1. The van der Waals surface area contributed by atoms with Crippen LogP contribution in [-0.4, -0.2) is 24.5 Å². The zero-order chi connectivity index (χ0) is 22.2. The Bertz CT molecular complexity index is 1220. The Balaban J connectivity index is 1.43. The molecule has 0 amide bonds. The molecule has 2 aliphatic rings. The second-order valence-electron chi connectivity index (χ2n) is 7.97. The van der Waals surface area contributed by atoms with Crippen LogP contribution in [-0.2, 0) is 13.1 Å². The number of methoxy groups -OCH3 is 1. The highest BCUT2D eigenvalue weighted by molar-refractivity contribution is 6.15. The van der Waals surface area contributed by atoms with Gasteiger partial charge in [-0.3, -0.25) is 9.69 Å². The number of allylic oxidation sites excluding steroid dienone is 1. The van der Waals surface area contributed by atoms with Gasteiger partial charge in [-0.25, -0.2) is 4.39 Å². The van der Waals surface area contributed by atoms with E-state index in [4.69, 9.17) is 14.2 Å². The number of rotatable bonds is 4.